The largest absolute Gasteiger partial charge is 0.338 e. The van der Waals surface area contributed by atoms with Crippen molar-refractivity contribution in [1.29, 1.82) is 0 Å². The summed E-state index contributed by atoms with van der Waals surface area (Å²) in [6.07, 6.45) is 3.53. The van der Waals surface area contributed by atoms with Crippen molar-refractivity contribution >= 4 is 51.3 Å². The molecule has 0 bridgehead atoms. The number of fused-ring (bicyclic) bond motifs is 1. The van der Waals surface area contributed by atoms with E-state index in [1.807, 2.05) is 24.3 Å². The van der Waals surface area contributed by atoms with Crippen LogP contribution >= 0.6 is 23.2 Å². The second kappa shape index (κ2) is 5.73. The minimum absolute atomic E-state index is 0.349. The van der Waals surface area contributed by atoms with E-state index in [0.717, 1.165) is 16.5 Å². The van der Waals surface area contributed by atoms with Gasteiger partial charge in [-0.25, -0.2) is 10.8 Å². The normalized spacial score (nSPS) is 10.6. The van der Waals surface area contributed by atoms with Gasteiger partial charge in [-0.05, 0) is 23.6 Å². The molecule has 5 nitrogen and oxygen atoms in total. The van der Waals surface area contributed by atoms with Crippen LogP contribution in [0, 0.1) is 0 Å². The summed E-state index contributed by atoms with van der Waals surface area (Å²) >= 11 is 12.1. The van der Waals surface area contributed by atoms with Gasteiger partial charge in [0.1, 0.15) is 0 Å². The van der Waals surface area contributed by atoms with Crippen LogP contribution in [0.3, 0.4) is 0 Å². The fraction of sp³-hybridized carbons (Fsp3) is 0. The number of nitrogens with one attached hydrogen (secondary N) is 2. The molecule has 0 saturated carbocycles. The Labute approximate surface area is 131 Å². The first kappa shape index (κ1) is 13.9. The van der Waals surface area contributed by atoms with Crippen LogP contribution in [0.5, 0.6) is 0 Å². The molecule has 0 fully saturated rings. The number of anilines is 3. The van der Waals surface area contributed by atoms with Crippen LogP contribution in [-0.4, -0.2) is 9.97 Å². The van der Waals surface area contributed by atoms with Crippen LogP contribution in [0.2, 0.25) is 10.0 Å². The first-order valence-corrected chi connectivity index (χ1v) is 6.87. The second-order valence-electron chi connectivity index (χ2n) is 4.32. The van der Waals surface area contributed by atoms with Crippen molar-refractivity contribution in [3.05, 3.63) is 52.8 Å². The fourth-order valence-electron chi connectivity index (χ4n) is 2.01. The van der Waals surface area contributed by atoms with E-state index in [4.69, 9.17) is 29.0 Å². The number of pyridine rings is 2. The predicted molar refractivity (Wildman–Crippen MR) is 87.1 cm³/mol. The van der Waals surface area contributed by atoms with Gasteiger partial charge in [-0.1, -0.05) is 35.3 Å². The minimum Gasteiger partial charge on any atom is -0.338 e. The van der Waals surface area contributed by atoms with E-state index in [0.29, 0.717) is 21.7 Å². The van der Waals surface area contributed by atoms with Gasteiger partial charge in [0.25, 0.3) is 0 Å². The summed E-state index contributed by atoms with van der Waals surface area (Å²) in [6.45, 7) is 0. The molecule has 0 amide bonds. The number of hydrogen-bond acceptors (Lipinski definition) is 5. The third-order valence-corrected chi connectivity index (χ3v) is 3.58. The maximum Gasteiger partial charge on any atom is 0.161 e. The number of benzene rings is 1. The molecule has 0 unspecified atom stereocenters. The van der Waals surface area contributed by atoms with Crippen molar-refractivity contribution in [3.8, 4) is 0 Å². The highest BCUT2D eigenvalue weighted by atomic mass is 35.5. The Bertz CT molecular complexity index is 801. The SMILES string of the molecule is NNc1nc(Nc2cccc3ccncc23)c(Cl)cc1Cl. The van der Waals surface area contributed by atoms with Gasteiger partial charge in [0.15, 0.2) is 11.6 Å². The molecular weight excluding hydrogens is 309 g/mol. The fourth-order valence-corrected chi connectivity index (χ4v) is 2.47. The Morgan fingerprint density at radius 1 is 1.05 bits per heavy atom. The molecule has 0 aliphatic rings. The first-order valence-electron chi connectivity index (χ1n) is 6.11. The number of nitrogens with two attached hydrogens (primary N) is 1. The Morgan fingerprint density at radius 2 is 1.86 bits per heavy atom. The molecule has 1 aromatic carbocycles. The smallest absolute Gasteiger partial charge is 0.161 e. The van der Waals surface area contributed by atoms with Crippen LogP contribution in [0.25, 0.3) is 10.8 Å². The Balaban J connectivity index is 2.07. The van der Waals surface area contributed by atoms with Gasteiger partial charge in [-0.3, -0.25) is 4.98 Å². The van der Waals surface area contributed by atoms with Gasteiger partial charge >= 0.3 is 0 Å². The zero-order valence-corrected chi connectivity index (χ0v) is 12.3. The Morgan fingerprint density at radius 3 is 2.67 bits per heavy atom. The molecule has 21 heavy (non-hydrogen) atoms. The number of nitrogen functional groups attached to an aromatic ring is 1. The van der Waals surface area contributed by atoms with Gasteiger partial charge in [0, 0.05) is 23.5 Å². The van der Waals surface area contributed by atoms with Gasteiger partial charge in [0.05, 0.1) is 10.0 Å². The van der Waals surface area contributed by atoms with E-state index in [-0.39, 0.29) is 0 Å². The lowest BCUT2D eigenvalue weighted by Gasteiger charge is -2.12. The molecule has 106 valence electrons. The highest BCUT2D eigenvalue weighted by Crippen LogP contribution is 2.32. The highest BCUT2D eigenvalue weighted by Gasteiger charge is 2.10. The Kier molecular flexibility index (Phi) is 3.79. The van der Waals surface area contributed by atoms with E-state index >= 15 is 0 Å². The van der Waals surface area contributed by atoms with Crippen molar-refractivity contribution in [2.45, 2.75) is 0 Å². The van der Waals surface area contributed by atoms with E-state index in [9.17, 15) is 0 Å². The van der Waals surface area contributed by atoms with Crippen LogP contribution in [0.15, 0.2) is 42.7 Å². The van der Waals surface area contributed by atoms with E-state index in [1.165, 1.54) is 0 Å². The second-order valence-corrected chi connectivity index (χ2v) is 5.14. The van der Waals surface area contributed by atoms with Crippen molar-refractivity contribution in [3.63, 3.8) is 0 Å². The van der Waals surface area contributed by atoms with Gasteiger partial charge in [0.2, 0.25) is 0 Å². The lowest BCUT2D eigenvalue weighted by Crippen LogP contribution is -2.10. The molecule has 3 rings (SSSR count). The number of hydrazine groups is 1. The third kappa shape index (κ3) is 2.71. The summed E-state index contributed by atoms with van der Waals surface area (Å²) in [7, 11) is 0. The van der Waals surface area contributed by atoms with Gasteiger partial charge < -0.3 is 10.7 Å². The summed E-state index contributed by atoms with van der Waals surface area (Å²) in [5, 5.41) is 5.97. The van der Waals surface area contributed by atoms with Crippen LogP contribution in [0.1, 0.15) is 0 Å². The minimum atomic E-state index is 0.349. The highest BCUT2D eigenvalue weighted by molar-refractivity contribution is 6.37. The molecule has 0 radical (unpaired) electrons. The average molecular weight is 320 g/mol. The molecule has 0 atom stereocenters. The summed E-state index contributed by atoms with van der Waals surface area (Å²) in [4.78, 5) is 8.40. The van der Waals surface area contributed by atoms with Crippen LogP contribution in [-0.2, 0) is 0 Å². The number of aromatic nitrogens is 2. The molecule has 2 aromatic heterocycles. The van der Waals surface area contributed by atoms with Crippen molar-refractivity contribution < 1.29 is 0 Å². The molecule has 4 N–H and O–H groups in total. The lowest BCUT2D eigenvalue weighted by atomic mass is 10.1. The zero-order valence-electron chi connectivity index (χ0n) is 10.8. The molecule has 0 spiro atoms. The third-order valence-electron chi connectivity index (χ3n) is 3.00. The average Bonchev–Trinajstić information content (AvgIpc) is 2.50. The monoisotopic (exact) mass is 319 g/mol. The number of rotatable bonds is 3. The summed E-state index contributed by atoms with van der Waals surface area (Å²) in [5.41, 5.74) is 3.28. The molecule has 0 aliphatic heterocycles. The summed E-state index contributed by atoms with van der Waals surface area (Å²) in [5.74, 6) is 6.19. The molecule has 7 heteroatoms. The van der Waals surface area contributed by atoms with E-state index < -0.39 is 0 Å². The van der Waals surface area contributed by atoms with E-state index in [1.54, 1.807) is 18.5 Å². The van der Waals surface area contributed by atoms with Crippen LogP contribution < -0.4 is 16.6 Å². The predicted octanol–water partition coefficient (Wildman–Crippen LogP) is 3.97. The number of halogens is 2. The maximum atomic E-state index is 6.17. The van der Waals surface area contributed by atoms with Crippen molar-refractivity contribution in [2.24, 2.45) is 5.84 Å². The number of nitrogens with zero attached hydrogens (tertiary/aromatic N) is 2. The summed E-state index contributed by atoms with van der Waals surface area (Å²) < 4.78 is 0. The quantitative estimate of drug-likeness (QED) is 0.503. The van der Waals surface area contributed by atoms with Crippen LogP contribution in [0.4, 0.5) is 17.3 Å². The lowest BCUT2D eigenvalue weighted by molar-refractivity contribution is 1.23. The zero-order chi connectivity index (χ0) is 14.8. The topological polar surface area (TPSA) is 75.9 Å². The van der Waals surface area contributed by atoms with E-state index in [2.05, 4.69) is 20.7 Å². The van der Waals surface area contributed by atoms with Crippen molar-refractivity contribution in [2.75, 3.05) is 10.7 Å². The molecule has 0 aliphatic carbocycles. The maximum absolute atomic E-state index is 6.17. The molecule has 3 aromatic rings. The van der Waals surface area contributed by atoms with Crippen molar-refractivity contribution in [1.82, 2.24) is 9.97 Å². The summed E-state index contributed by atoms with van der Waals surface area (Å²) in [6, 6.07) is 9.38. The van der Waals surface area contributed by atoms with Gasteiger partial charge in [-0.15, -0.1) is 0 Å². The molecule has 0 saturated heterocycles. The molecule has 2 heterocycles. The molecular formula is C14H11Cl2N5. The first-order chi connectivity index (χ1) is 10.2. The van der Waals surface area contributed by atoms with Gasteiger partial charge in [-0.2, -0.15) is 0 Å². The number of hydrogen-bond donors (Lipinski definition) is 3. The Hall–Kier alpha value is -2.08. The standard InChI is InChI=1S/C14H11Cl2N5/c15-10-6-11(16)14(21-17)20-13(10)19-12-3-1-2-8-4-5-18-7-9(8)12/h1-7H,17H2,(H2,19,20,21).